The number of carboxylic acids is 2. The summed E-state index contributed by atoms with van der Waals surface area (Å²) in [6.45, 7) is 2.26. The molecule has 0 unspecified atom stereocenters. The van der Waals surface area contributed by atoms with Crippen LogP contribution in [-0.4, -0.2) is 22.2 Å². The van der Waals surface area contributed by atoms with Crippen LogP contribution in [0.4, 0.5) is 0 Å². The van der Waals surface area contributed by atoms with Gasteiger partial charge in [-0.05, 0) is 44.2 Å². The summed E-state index contributed by atoms with van der Waals surface area (Å²) in [5.74, 6) is -1.54. The van der Waals surface area contributed by atoms with Crippen molar-refractivity contribution in [2.24, 2.45) is 0 Å². The number of hydrogen-bond acceptors (Lipinski definition) is 2. The Kier molecular flexibility index (Phi) is 25.0. The molecule has 0 spiro atoms. The van der Waals surface area contributed by atoms with Crippen LogP contribution in [0.3, 0.4) is 0 Å². The number of carbonyl (C=O) groups is 2. The zero-order valence-electron chi connectivity index (χ0n) is 20.2. The van der Waals surface area contributed by atoms with E-state index in [-0.39, 0.29) is 31.0 Å². The Morgan fingerprint density at radius 2 is 1.23 bits per heavy atom. The molecule has 0 aliphatic carbocycles. The molecule has 166 valence electrons. The summed E-state index contributed by atoms with van der Waals surface area (Å²) in [5.41, 5.74) is 0.331. The van der Waals surface area contributed by atoms with E-state index in [1.54, 1.807) is 30.3 Å². The van der Waals surface area contributed by atoms with E-state index in [2.05, 4.69) is 19.1 Å². The molecule has 30 heavy (non-hydrogen) atoms. The van der Waals surface area contributed by atoms with Crippen molar-refractivity contribution in [1.82, 2.24) is 0 Å². The number of hydrogen-bond donors (Lipinski definition) is 2. The normalized spacial score (nSPS) is 10.2. The summed E-state index contributed by atoms with van der Waals surface area (Å²) in [6, 6.07) is 8.30. The Morgan fingerprint density at radius 3 is 1.67 bits per heavy atom. The van der Waals surface area contributed by atoms with Gasteiger partial charge in [-0.15, -0.1) is 0 Å². The average Bonchev–Trinajstić information content (AvgIpc) is 2.72. The second-order valence-electron chi connectivity index (χ2n) is 7.40. The van der Waals surface area contributed by atoms with Crippen LogP contribution in [0.1, 0.15) is 109 Å². The van der Waals surface area contributed by atoms with E-state index in [1.165, 1.54) is 70.6 Å². The number of benzene rings is 1. The fourth-order valence-electron chi connectivity index (χ4n) is 2.93. The van der Waals surface area contributed by atoms with E-state index in [0.717, 1.165) is 12.8 Å². The summed E-state index contributed by atoms with van der Waals surface area (Å²) in [4.78, 5) is 20.5. The number of carboxylic acid groups (broad SMARTS) is 2. The standard InChI is InChI=1S/C18H34O2.C7H6O2.Na.H/c1-2-3-4-5-6-7-8-9-10-11-12-13-14-15-16-17-18(19)20;8-7(9)6-4-2-1-3-5-6;;/h9-10H,2-8,11-17H2,1H3,(H,19,20);1-5H,(H,8,9);;/q;;+1;-1/b10-9-;;;. The minimum Gasteiger partial charge on any atom is -1.00 e. The number of aromatic carboxylic acids is 1. The fraction of sp³-hybridized carbons (Fsp3) is 0.600. The quantitative estimate of drug-likeness (QED) is 0.229. The maximum Gasteiger partial charge on any atom is 1.00 e. The van der Waals surface area contributed by atoms with Crippen molar-refractivity contribution in [3.8, 4) is 0 Å². The van der Waals surface area contributed by atoms with E-state index in [9.17, 15) is 9.59 Å². The zero-order valence-corrected chi connectivity index (χ0v) is 21.2. The molecule has 0 aliphatic heterocycles. The molecule has 0 aliphatic rings. The van der Waals surface area contributed by atoms with Crippen molar-refractivity contribution < 1.29 is 50.8 Å². The molecule has 1 aromatic carbocycles. The first-order valence-corrected chi connectivity index (χ1v) is 11.2. The second-order valence-corrected chi connectivity index (χ2v) is 7.40. The maximum atomic E-state index is 10.3. The van der Waals surface area contributed by atoms with Gasteiger partial charge in [0, 0.05) is 6.42 Å². The molecule has 0 atom stereocenters. The Hall–Kier alpha value is -1.10. The summed E-state index contributed by atoms with van der Waals surface area (Å²) < 4.78 is 0. The zero-order chi connectivity index (χ0) is 21.6. The molecule has 2 N–H and O–H groups in total. The molecule has 1 rings (SSSR count). The Labute approximate surface area is 206 Å². The third-order valence-electron chi connectivity index (χ3n) is 4.67. The predicted molar refractivity (Wildman–Crippen MR) is 122 cm³/mol. The van der Waals surface area contributed by atoms with Crippen molar-refractivity contribution in [2.45, 2.75) is 96.8 Å². The monoisotopic (exact) mass is 428 g/mol. The minimum atomic E-state index is -0.879. The van der Waals surface area contributed by atoms with Crippen LogP contribution in [0.5, 0.6) is 0 Å². The SMILES string of the molecule is CCCCCCCC/C=C\CCCCCCCC(=O)O.O=C(O)c1ccccc1.[H-].[Na+]. The van der Waals surface area contributed by atoms with Crippen LogP contribution in [0.15, 0.2) is 42.5 Å². The molecule has 4 nitrogen and oxygen atoms in total. The largest absolute Gasteiger partial charge is 1.00 e. The minimum absolute atomic E-state index is 0. The van der Waals surface area contributed by atoms with Crippen LogP contribution in [0.2, 0.25) is 0 Å². The number of aliphatic carboxylic acids is 1. The van der Waals surface area contributed by atoms with Crippen LogP contribution in [0.25, 0.3) is 0 Å². The fourth-order valence-corrected chi connectivity index (χ4v) is 2.93. The van der Waals surface area contributed by atoms with Crippen molar-refractivity contribution in [2.75, 3.05) is 0 Å². The predicted octanol–water partition coefficient (Wildman–Crippen LogP) is 4.61. The third kappa shape index (κ3) is 23.2. The van der Waals surface area contributed by atoms with Gasteiger partial charge in [0.25, 0.3) is 0 Å². The van der Waals surface area contributed by atoms with Gasteiger partial charge >= 0.3 is 41.5 Å². The molecule has 5 heteroatoms. The molecule has 0 saturated heterocycles. The molecule has 0 bridgehead atoms. The molecule has 0 aromatic heterocycles. The van der Waals surface area contributed by atoms with E-state index >= 15 is 0 Å². The van der Waals surface area contributed by atoms with Gasteiger partial charge in [-0.3, -0.25) is 4.79 Å². The summed E-state index contributed by atoms with van der Waals surface area (Å²) in [7, 11) is 0. The molecule has 0 radical (unpaired) electrons. The topological polar surface area (TPSA) is 74.6 Å². The van der Waals surface area contributed by atoms with Gasteiger partial charge in [-0.2, -0.15) is 0 Å². The van der Waals surface area contributed by atoms with Gasteiger partial charge in [0.1, 0.15) is 0 Å². The van der Waals surface area contributed by atoms with Crippen molar-refractivity contribution in [1.29, 1.82) is 0 Å². The van der Waals surface area contributed by atoms with Gasteiger partial charge in [0.15, 0.2) is 0 Å². The van der Waals surface area contributed by atoms with E-state index < -0.39 is 11.9 Å². The van der Waals surface area contributed by atoms with Crippen molar-refractivity contribution in [3.63, 3.8) is 0 Å². The van der Waals surface area contributed by atoms with Gasteiger partial charge < -0.3 is 11.6 Å². The molecular weight excluding hydrogens is 387 g/mol. The molecule has 0 fully saturated rings. The summed E-state index contributed by atoms with van der Waals surface area (Å²) >= 11 is 0. The number of rotatable bonds is 16. The van der Waals surface area contributed by atoms with Crippen LogP contribution in [0, 0.1) is 0 Å². The van der Waals surface area contributed by atoms with Gasteiger partial charge in [0.2, 0.25) is 0 Å². The van der Waals surface area contributed by atoms with Crippen LogP contribution >= 0.6 is 0 Å². The van der Waals surface area contributed by atoms with Gasteiger partial charge in [0.05, 0.1) is 5.56 Å². The maximum absolute atomic E-state index is 10.3. The van der Waals surface area contributed by atoms with E-state index in [4.69, 9.17) is 10.2 Å². The second kappa shape index (κ2) is 24.2. The smallest absolute Gasteiger partial charge is 1.00 e. The Balaban J connectivity index is -0.000000598. The van der Waals surface area contributed by atoms with Crippen molar-refractivity contribution >= 4 is 11.9 Å². The first kappa shape index (κ1) is 31.1. The Bertz CT molecular complexity index is 550. The van der Waals surface area contributed by atoms with Crippen LogP contribution < -0.4 is 29.6 Å². The van der Waals surface area contributed by atoms with Crippen LogP contribution in [-0.2, 0) is 4.79 Å². The molecule has 0 heterocycles. The molecule has 0 saturated carbocycles. The summed E-state index contributed by atoms with van der Waals surface area (Å²) in [6.07, 6.45) is 21.2. The van der Waals surface area contributed by atoms with Gasteiger partial charge in [-0.1, -0.05) is 88.6 Å². The average molecular weight is 429 g/mol. The molecular formula is C25H41NaO4. The first-order valence-electron chi connectivity index (χ1n) is 11.2. The van der Waals surface area contributed by atoms with E-state index in [1.807, 2.05) is 0 Å². The number of unbranched alkanes of at least 4 members (excludes halogenated alkanes) is 11. The van der Waals surface area contributed by atoms with E-state index in [0.29, 0.717) is 12.0 Å². The Morgan fingerprint density at radius 1 is 0.767 bits per heavy atom. The molecule has 0 amide bonds. The molecule has 1 aromatic rings. The third-order valence-corrected chi connectivity index (χ3v) is 4.67. The van der Waals surface area contributed by atoms with Gasteiger partial charge in [-0.25, -0.2) is 4.79 Å². The first-order chi connectivity index (χ1) is 14.1. The summed E-state index contributed by atoms with van der Waals surface area (Å²) in [5, 5.41) is 16.9. The van der Waals surface area contributed by atoms with Crippen molar-refractivity contribution in [3.05, 3.63) is 48.0 Å². The number of allylic oxidation sites excluding steroid dienone is 2.